The molecule has 3 atom stereocenters. The van der Waals surface area contributed by atoms with Crippen LogP contribution < -0.4 is 5.32 Å². The number of nitrogens with one attached hydrogen (secondary N) is 1. The van der Waals surface area contributed by atoms with E-state index in [4.69, 9.17) is 4.52 Å². The van der Waals surface area contributed by atoms with Gasteiger partial charge in [-0.05, 0) is 47.4 Å². The Kier molecular flexibility index (Phi) is 3.55. The van der Waals surface area contributed by atoms with E-state index >= 15 is 0 Å². The highest BCUT2D eigenvalue weighted by atomic mass is 16.5. The minimum Gasteiger partial charge on any atom is -0.370 e. The van der Waals surface area contributed by atoms with E-state index in [1.54, 1.807) is 11.8 Å². The molecule has 3 unspecified atom stereocenters. The summed E-state index contributed by atoms with van der Waals surface area (Å²) in [5.74, 6) is 4.65. The van der Waals surface area contributed by atoms with E-state index in [0.29, 0.717) is 11.8 Å². The quantitative estimate of drug-likeness (QED) is 0.748. The highest BCUT2D eigenvalue weighted by Crippen LogP contribution is 2.61. The Labute approximate surface area is 152 Å². The van der Waals surface area contributed by atoms with Crippen LogP contribution in [0.3, 0.4) is 0 Å². The van der Waals surface area contributed by atoms with Gasteiger partial charge in [0.25, 0.3) is 5.89 Å². The molecule has 5 heteroatoms. The van der Waals surface area contributed by atoms with Crippen molar-refractivity contribution in [1.29, 1.82) is 0 Å². The van der Waals surface area contributed by atoms with Crippen molar-refractivity contribution in [2.24, 2.45) is 11.8 Å². The molecule has 0 radical (unpaired) electrons. The molecule has 2 aromatic heterocycles. The van der Waals surface area contributed by atoms with Crippen molar-refractivity contribution in [2.45, 2.75) is 32.1 Å². The lowest BCUT2D eigenvalue weighted by atomic mass is 10.0. The lowest BCUT2D eigenvalue weighted by Crippen LogP contribution is -2.09. The van der Waals surface area contributed by atoms with Gasteiger partial charge in [0.2, 0.25) is 0 Å². The number of aromatic nitrogens is 3. The maximum absolute atomic E-state index is 5.39. The largest absolute Gasteiger partial charge is 0.370 e. The fourth-order valence-corrected chi connectivity index (χ4v) is 4.23. The van der Waals surface area contributed by atoms with E-state index in [0.717, 1.165) is 35.6 Å². The summed E-state index contributed by atoms with van der Waals surface area (Å²) in [6.07, 6.45) is 3.01. The first-order valence-corrected chi connectivity index (χ1v) is 9.32. The number of fused-ring (bicyclic) bond motifs is 3. The molecule has 1 aromatic carbocycles. The SMILES string of the molecule is CC(C)c1noc(-c2ccnc(NCC3C4Cc5ccccc5C34)c2)n1. The van der Waals surface area contributed by atoms with Crippen LogP contribution in [0, 0.1) is 11.8 Å². The molecule has 2 heterocycles. The molecule has 26 heavy (non-hydrogen) atoms. The molecular weight excluding hydrogens is 324 g/mol. The smallest absolute Gasteiger partial charge is 0.258 e. The monoisotopic (exact) mass is 346 g/mol. The molecule has 0 saturated heterocycles. The lowest BCUT2D eigenvalue weighted by Gasteiger charge is -2.09. The van der Waals surface area contributed by atoms with Gasteiger partial charge < -0.3 is 9.84 Å². The first-order chi connectivity index (χ1) is 12.7. The van der Waals surface area contributed by atoms with Gasteiger partial charge in [-0.3, -0.25) is 0 Å². The second-order valence-corrected chi connectivity index (χ2v) is 7.68. The predicted molar refractivity (Wildman–Crippen MR) is 100.0 cm³/mol. The second kappa shape index (κ2) is 5.94. The maximum Gasteiger partial charge on any atom is 0.258 e. The zero-order valence-corrected chi connectivity index (χ0v) is 15.0. The lowest BCUT2D eigenvalue weighted by molar-refractivity contribution is 0.419. The number of rotatable bonds is 5. The first kappa shape index (κ1) is 15.6. The molecule has 1 N–H and O–H groups in total. The number of benzene rings is 1. The van der Waals surface area contributed by atoms with E-state index in [1.807, 2.05) is 12.1 Å². The van der Waals surface area contributed by atoms with Crippen LogP contribution in [0.25, 0.3) is 11.5 Å². The molecule has 0 spiro atoms. The maximum atomic E-state index is 5.39. The van der Waals surface area contributed by atoms with Crippen molar-refractivity contribution in [3.05, 3.63) is 59.5 Å². The van der Waals surface area contributed by atoms with Crippen LogP contribution in [-0.4, -0.2) is 21.7 Å². The van der Waals surface area contributed by atoms with Crippen molar-refractivity contribution in [2.75, 3.05) is 11.9 Å². The fourth-order valence-electron chi connectivity index (χ4n) is 4.23. The summed E-state index contributed by atoms with van der Waals surface area (Å²) < 4.78 is 5.39. The Bertz CT molecular complexity index is 948. The van der Waals surface area contributed by atoms with Gasteiger partial charge in [-0.25, -0.2) is 4.98 Å². The van der Waals surface area contributed by atoms with Gasteiger partial charge in [0.15, 0.2) is 5.82 Å². The highest BCUT2D eigenvalue weighted by molar-refractivity contribution is 5.58. The Balaban J connectivity index is 1.26. The van der Waals surface area contributed by atoms with Gasteiger partial charge in [-0.1, -0.05) is 43.3 Å². The van der Waals surface area contributed by atoms with Crippen molar-refractivity contribution in [3.63, 3.8) is 0 Å². The summed E-state index contributed by atoms with van der Waals surface area (Å²) in [4.78, 5) is 8.91. The van der Waals surface area contributed by atoms with Crippen molar-refractivity contribution >= 4 is 5.82 Å². The van der Waals surface area contributed by atoms with Crippen LogP contribution in [0.1, 0.15) is 42.6 Å². The normalized spacial score (nSPS) is 23.0. The van der Waals surface area contributed by atoms with Crippen molar-refractivity contribution in [3.8, 4) is 11.5 Å². The summed E-state index contributed by atoms with van der Waals surface area (Å²) in [6, 6.07) is 12.8. The Morgan fingerprint density at radius 1 is 1.23 bits per heavy atom. The molecule has 1 saturated carbocycles. The molecule has 2 aliphatic carbocycles. The zero-order valence-electron chi connectivity index (χ0n) is 15.0. The third-order valence-corrected chi connectivity index (χ3v) is 5.69. The van der Waals surface area contributed by atoms with Gasteiger partial charge in [0.05, 0.1) is 0 Å². The molecule has 0 bridgehead atoms. The van der Waals surface area contributed by atoms with E-state index in [1.165, 1.54) is 12.0 Å². The molecule has 2 aliphatic rings. The number of pyridine rings is 1. The average Bonchev–Trinajstić information content (AvgIpc) is 3.03. The summed E-state index contributed by atoms with van der Waals surface area (Å²) in [7, 11) is 0. The Morgan fingerprint density at radius 2 is 2.12 bits per heavy atom. The molecule has 132 valence electrons. The highest BCUT2D eigenvalue weighted by Gasteiger charge is 2.54. The summed E-state index contributed by atoms with van der Waals surface area (Å²) in [5.41, 5.74) is 4.00. The Hall–Kier alpha value is -2.69. The first-order valence-electron chi connectivity index (χ1n) is 9.32. The van der Waals surface area contributed by atoms with Gasteiger partial charge in [-0.2, -0.15) is 4.98 Å². The Morgan fingerprint density at radius 3 is 2.96 bits per heavy atom. The number of hydrogen-bond acceptors (Lipinski definition) is 5. The standard InChI is InChI=1S/C21H22N4O/c1-12(2)20-24-21(26-25-20)14-7-8-22-18(10-14)23-11-17-16-9-13-5-3-4-6-15(13)19(16)17/h3-8,10,12,16-17,19H,9,11H2,1-2H3,(H,22,23). The molecule has 0 aliphatic heterocycles. The minimum atomic E-state index is 0.254. The second-order valence-electron chi connectivity index (χ2n) is 7.68. The number of hydrogen-bond donors (Lipinski definition) is 1. The molecule has 5 nitrogen and oxygen atoms in total. The number of nitrogens with zero attached hydrogens (tertiary/aromatic N) is 3. The molecule has 1 fully saturated rings. The van der Waals surface area contributed by atoms with Crippen molar-refractivity contribution < 1.29 is 4.52 Å². The minimum absolute atomic E-state index is 0.254. The van der Waals surface area contributed by atoms with Crippen LogP contribution in [0.5, 0.6) is 0 Å². The van der Waals surface area contributed by atoms with Crippen LogP contribution >= 0.6 is 0 Å². The molecule has 5 rings (SSSR count). The van der Waals surface area contributed by atoms with Crippen LogP contribution in [0.15, 0.2) is 47.1 Å². The molecule has 3 aromatic rings. The van der Waals surface area contributed by atoms with E-state index in [-0.39, 0.29) is 5.92 Å². The average molecular weight is 346 g/mol. The fraction of sp³-hybridized carbons (Fsp3) is 0.381. The van der Waals surface area contributed by atoms with Gasteiger partial charge in [0, 0.05) is 24.2 Å². The third-order valence-electron chi connectivity index (χ3n) is 5.69. The van der Waals surface area contributed by atoms with E-state index in [2.05, 4.69) is 58.6 Å². The molecule has 0 amide bonds. The van der Waals surface area contributed by atoms with E-state index < -0.39 is 0 Å². The number of anilines is 1. The van der Waals surface area contributed by atoms with Crippen molar-refractivity contribution in [1.82, 2.24) is 15.1 Å². The van der Waals surface area contributed by atoms with Gasteiger partial charge >= 0.3 is 0 Å². The van der Waals surface area contributed by atoms with Crippen LogP contribution in [-0.2, 0) is 6.42 Å². The van der Waals surface area contributed by atoms with Crippen LogP contribution in [0.2, 0.25) is 0 Å². The van der Waals surface area contributed by atoms with Gasteiger partial charge in [-0.15, -0.1) is 0 Å². The zero-order chi connectivity index (χ0) is 17.7. The summed E-state index contributed by atoms with van der Waals surface area (Å²) in [5, 5.41) is 7.54. The third kappa shape index (κ3) is 2.59. The summed E-state index contributed by atoms with van der Waals surface area (Å²) >= 11 is 0. The topological polar surface area (TPSA) is 63.8 Å². The predicted octanol–water partition coefficient (Wildman–Crippen LogP) is 4.25. The summed E-state index contributed by atoms with van der Waals surface area (Å²) in [6.45, 7) is 5.07. The van der Waals surface area contributed by atoms with Gasteiger partial charge in [0.1, 0.15) is 5.82 Å². The van der Waals surface area contributed by atoms with Crippen LogP contribution in [0.4, 0.5) is 5.82 Å². The molecular formula is C21H22N4O. The van der Waals surface area contributed by atoms with E-state index in [9.17, 15) is 0 Å².